The first kappa shape index (κ1) is 22.2. The van der Waals surface area contributed by atoms with Gasteiger partial charge in [-0.1, -0.05) is 67.2 Å². The zero-order valence-electron chi connectivity index (χ0n) is 18.3. The van der Waals surface area contributed by atoms with Crippen molar-refractivity contribution in [2.45, 2.75) is 6.54 Å². The Morgan fingerprint density at radius 3 is 2.33 bits per heavy atom. The summed E-state index contributed by atoms with van der Waals surface area (Å²) in [5.41, 5.74) is 3.71. The number of hydrogen-bond donors (Lipinski definition) is 1. The van der Waals surface area contributed by atoms with Crippen LogP contribution in [0, 0.1) is 0 Å². The van der Waals surface area contributed by atoms with Gasteiger partial charge in [0.2, 0.25) is 0 Å². The van der Waals surface area contributed by atoms with E-state index in [1.54, 1.807) is 10.9 Å². The maximum atomic E-state index is 11.7. The van der Waals surface area contributed by atoms with E-state index in [0.717, 1.165) is 10.9 Å². The third-order valence-corrected chi connectivity index (χ3v) is 5.12. The number of carbonyl (C=O) groups is 1. The summed E-state index contributed by atoms with van der Waals surface area (Å²) in [5.74, 6) is 0.134. The lowest BCUT2D eigenvalue weighted by Crippen LogP contribution is -2.45. The molecule has 0 bridgehead atoms. The van der Waals surface area contributed by atoms with Gasteiger partial charge in [-0.25, -0.2) is 19.7 Å². The highest BCUT2D eigenvalue weighted by molar-refractivity contribution is 6.80. The summed E-state index contributed by atoms with van der Waals surface area (Å²) in [4.78, 5) is 24.7. The van der Waals surface area contributed by atoms with Crippen LogP contribution >= 0.6 is 0 Å². The van der Waals surface area contributed by atoms with E-state index in [1.807, 2.05) is 36.4 Å². The molecule has 8 nitrogen and oxygen atoms in total. The highest BCUT2D eigenvalue weighted by Crippen LogP contribution is 2.18. The summed E-state index contributed by atoms with van der Waals surface area (Å²) in [5, 5.41) is 3.28. The number of hydrogen-bond acceptors (Lipinski definition) is 7. The molecule has 0 aliphatic carbocycles. The molecule has 166 valence electrons. The highest BCUT2D eigenvalue weighted by Gasteiger charge is 2.21. The Labute approximate surface area is 192 Å². The van der Waals surface area contributed by atoms with E-state index in [-0.39, 0.29) is 13.5 Å². The fraction of sp³-hybridized carbons (Fsp3) is 0.167. The van der Waals surface area contributed by atoms with E-state index in [0.29, 0.717) is 35.7 Å². The topological polar surface area (TPSA) is 91.2 Å². The molecule has 0 saturated heterocycles. The van der Waals surface area contributed by atoms with E-state index in [9.17, 15) is 4.79 Å². The van der Waals surface area contributed by atoms with E-state index in [4.69, 9.17) is 9.39 Å². The standard InChI is InChI=1S/C24H24BN5O3/c1-18(24(31)32-2)15-30-17-29-21-22(27-16-28-23(21)30)26-13-14-33-25(19-9-5-3-6-10-19)20-11-7-4-8-12-20/h3-12,16-17H,1,13-15H2,2H3,(H,26,27,28). The average Bonchev–Trinajstić information content (AvgIpc) is 3.28. The van der Waals surface area contributed by atoms with Gasteiger partial charge in [-0.15, -0.1) is 0 Å². The van der Waals surface area contributed by atoms with Crippen molar-refractivity contribution < 1.29 is 14.2 Å². The maximum absolute atomic E-state index is 11.7. The van der Waals surface area contributed by atoms with Gasteiger partial charge >= 0.3 is 12.9 Å². The molecular formula is C24H24BN5O3. The summed E-state index contributed by atoms with van der Waals surface area (Å²) in [6.07, 6.45) is 3.07. The summed E-state index contributed by atoms with van der Waals surface area (Å²) in [6, 6.07) is 20.3. The van der Waals surface area contributed by atoms with Crippen molar-refractivity contribution in [1.82, 2.24) is 19.5 Å². The number of benzene rings is 2. The molecule has 0 atom stereocenters. The van der Waals surface area contributed by atoms with Gasteiger partial charge in [-0.05, 0) is 10.9 Å². The van der Waals surface area contributed by atoms with Crippen LogP contribution in [-0.4, -0.2) is 52.7 Å². The van der Waals surface area contributed by atoms with Gasteiger partial charge < -0.3 is 19.3 Å². The van der Waals surface area contributed by atoms with Crippen LogP contribution in [0.4, 0.5) is 5.82 Å². The van der Waals surface area contributed by atoms with Crippen molar-refractivity contribution in [3.63, 3.8) is 0 Å². The molecule has 9 heteroatoms. The highest BCUT2D eigenvalue weighted by atomic mass is 16.5. The minimum absolute atomic E-state index is 0.164. The molecule has 0 fully saturated rings. The van der Waals surface area contributed by atoms with Crippen LogP contribution in [0.5, 0.6) is 0 Å². The van der Waals surface area contributed by atoms with Gasteiger partial charge in [0.25, 0.3) is 0 Å². The summed E-state index contributed by atoms with van der Waals surface area (Å²) in [7, 11) is 1.33. The van der Waals surface area contributed by atoms with Crippen molar-refractivity contribution in [2.24, 2.45) is 0 Å². The number of aromatic nitrogens is 4. The lowest BCUT2D eigenvalue weighted by atomic mass is 9.55. The molecule has 33 heavy (non-hydrogen) atoms. The molecule has 2 aromatic carbocycles. The summed E-state index contributed by atoms with van der Waals surface area (Å²) in [6.45, 7) is 4.82. The molecule has 0 radical (unpaired) electrons. The summed E-state index contributed by atoms with van der Waals surface area (Å²) >= 11 is 0. The van der Waals surface area contributed by atoms with E-state index in [2.05, 4.69) is 51.1 Å². The molecule has 2 aromatic heterocycles. The SMILES string of the molecule is C=C(Cn1cnc2c(NCCOB(c3ccccc3)c3ccccc3)ncnc21)C(=O)OC. The van der Waals surface area contributed by atoms with Crippen LogP contribution in [0.2, 0.25) is 0 Å². The Balaban J connectivity index is 1.42. The fourth-order valence-electron chi connectivity index (χ4n) is 3.53. The molecule has 0 amide bonds. The minimum Gasteiger partial charge on any atom is -0.466 e. The number of anilines is 1. The predicted molar refractivity (Wildman–Crippen MR) is 129 cm³/mol. The molecule has 0 aliphatic rings. The number of esters is 1. The van der Waals surface area contributed by atoms with Crippen LogP contribution in [0.25, 0.3) is 11.2 Å². The lowest BCUT2D eigenvalue weighted by Gasteiger charge is -2.16. The second kappa shape index (κ2) is 10.6. The van der Waals surface area contributed by atoms with Gasteiger partial charge in [0.05, 0.1) is 20.0 Å². The zero-order chi connectivity index (χ0) is 23.0. The first-order chi connectivity index (χ1) is 16.2. The Morgan fingerprint density at radius 2 is 1.70 bits per heavy atom. The second-order valence-corrected chi connectivity index (χ2v) is 7.36. The van der Waals surface area contributed by atoms with Gasteiger partial charge in [-0.2, -0.15) is 0 Å². The van der Waals surface area contributed by atoms with E-state index in [1.165, 1.54) is 13.4 Å². The molecule has 0 saturated carbocycles. The first-order valence-corrected chi connectivity index (χ1v) is 10.5. The molecule has 0 unspecified atom stereocenters. The molecule has 0 spiro atoms. The molecular weight excluding hydrogens is 417 g/mol. The number of methoxy groups -OCH3 is 1. The number of imidazole rings is 1. The Kier molecular flexibility index (Phi) is 7.11. The van der Waals surface area contributed by atoms with Gasteiger partial charge in [-0.3, -0.25) is 0 Å². The van der Waals surface area contributed by atoms with Crippen molar-refractivity contribution in [3.8, 4) is 0 Å². The normalized spacial score (nSPS) is 10.7. The first-order valence-electron chi connectivity index (χ1n) is 10.5. The lowest BCUT2D eigenvalue weighted by molar-refractivity contribution is -0.136. The number of ether oxygens (including phenoxy) is 1. The Morgan fingerprint density at radius 1 is 1.03 bits per heavy atom. The molecule has 0 aliphatic heterocycles. The molecule has 2 heterocycles. The Hall–Kier alpha value is -3.98. The Bertz CT molecular complexity index is 1190. The number of fused-ring (bicyclic) bond motifs is 1. The predicted octanol–water partition coefficient (Wildman–Crippen LogP) is 1.79. The molecule has 4 rings (SSSR count). The van der Waals surface area contributed by atoms with Crippen LogP contribution in [-0.2, 0) is 20.7 Å². The monoisotopic (exact) mass is 441 g/mol. The minimum atomic E-state index is -0.465. The molecule has 4 aromatic rings. The van der Waals surface area contributed by atoms with Crippen molar-refractivity contribution >= 4 is 40.8 Å². The molecule has 1 N–H and O–H groups in total. The van der Waals surface area contributed by atoms with Crippen LogP contribution in [0.3, 0.4) is 0 Å². The number of nitrogens with zero attached hydrogens (tertiary/aromatic N) is 4. The van der Waals surface area contributed by atoms with E-state index < -0.39 is 5.97 Å². The van der Waals surface area contributed by atoms with Crippen molar-refractivity contribution in [3.05, 3.63) is 85.5 Å². The second-order valence-electron chi connectivity index (χ2n) is 7.36. The van der Waals surface area contributed by atoms with Crippen LogP contribution in [0.15, 0.2) is 85.5 Å². The zero-order valence-corrected chi connectivity index (χ0v) is 18.3. The van der Waals surface area contributed by atoms with E-state index >= 15 is 0 Å². The van der Waals surface area contributed by atoms with Gasteiger partial charge in [0.1, 0.15) is 11.8 Å². The summed E-state index contributed by atoms with van der Waals surface area (Å²) < 4.78 is 12.7. The third kappa shape index (κ3) is 5.27. The maximum Gasteiger partial charge on any atom is 0.361 e. The van der Waals surface area contributed by atoms with Gasteiger partial charge in [0.15, 0.2) is 11.5 Å². The third-order valence-electron chi connectivity index (χ3n) is 5.12. The average molecular weight is 441 g/mol. The van der Waals surface area contributed by atoms with Gasteiger partial charge in [0, 0.05) is 18.7 Å². The number of rotatable bonds is 10. The largest absolute Gasteiger partial charge is 0.466 e. The fourth-order valence-corrected chi connectivity index (χ4v) is 3.53. The quantitative estimate of drug-likeness (QED) is 0.174. The van der Waals surface area contributed by atoms with Crippen molar-refractivity contribution in [1.29, 1.82) is 0 Å². The number of nitrogens with one attached hydrogen (secondary N) is 1. The van der Waals surface area contributed by atoms with Crippen molar-refractivity contribution in [2.75, 3.05) is 25.6 Å². The van der Waals surface area contributed by atoms with Crippen LogP contribution in [0.1, 0.15) is 0 Å². The smallest absolute Gasteiger partial charge is 0.361 e. The number of carbonyl (C=O) groups excluding carboxylic acids is 1. The van der Waals surface area contributed by atoms with Crippen LogP contribution < -0.4 is 16.2 Å².